The summed E-state index contributed by atoms with van der Waals surface area (Å²) < 4.78 is 0. The molecule has 0 saturated carbocycles. The Hall–Kier alpha value is 0.477. The average molecular weight is 115 g/mol. The van der Waals surface area contributed by atoms with Gasteiger partial charge in [0.2, 0.25) is 0 Å². The fourth-order valence-corrected chi connectivity index (χ4v) is 0.167. The summed E-state index contributed by atoms with van der Waals surface area (Å²) >= 11 is 0. The van der Waals surface area contributed by atoms with Crippen molar-refractivity contribution in [1.29, 1.82) is 0 Å². The Morgan fingerprint density at radius 1 is 1.62 bits per heavy atom. The summed E-state index contributed by atoms with van der Waals surface area (Å²) in [5, 5.41) is 8.54. The molecule has 0 aliphatic carbocycles. The van der Waals surface area contributed by atoms with Crippen LogP contribution in [0.3, 0.4) is 0 Å². The van der Waals surface area contributed by atoms with Gasteiger partial charge in [0.15, 0.2) is 0 Å². The first-order valence-electron chi connectivity index (χ1n) is 2.19. The van der Waals surface area contributed by atoms with E-state index in [1.54, 1.807) is 0 Å². The number of aliphatic hydroxyl groups excluding tert-OH is 1. The van der Waals surface area contributed by atoms with Crippen molar-refractivity contribution >= 4 is 18.9 Å². The molecule has 0 aromatic rings. The van der Waals surface area contributed by atoms with Crippen LogP contribution in [-0.2, 0) is 0 Å². The Morgan fingerprint density at radius 2 is 2.00 bits per heavy atom. The summed E-state index contributed by atoms with van der Waals surface area (Å²) in [4.78, 5) is 0. The monoisotopic (exact) mass is 115 g/mol. The van der Waals surface area contributed by atoms with E-state index < -0.39 is 0 Å². The molecular weight excluding hydrogens is 101 g/mol. The number of hydrogen-bond acceptors (Lipinski definition) is 2. The molecule has 0 heterocycles. The molecule has 48 valence electrons. The van der Waals surface area contributed by atoms with Crippen LogP contribution in [0.4, 0.5) is 0 Å². The molecule has 1 atom stereocenters. The van der Waals surface area contributed by atoms with Gasteiger partial charge in [0, 0.05) is 6.54 Å². The number of nitrogens with two attached hydrogens (primary N) is 1. The van der Waals surface area contributed by atoms with Crippen molar-refractivity contribution in [3.05, 3.63) is 0 Å². The minimum atomic E-state index is -0.287. The van der Waals surface area contributed by atoms with Gasteiger partial charge >= 0.3 is 18.9 Å². The maximum absolute atomic E-state index is 8.54. The molecule has 0 radical (unpaired) electrons. The zero-order chi connectivity index (χ0) is 4.99. The molecule has 4 heteroatoms. The van der Waals surface area contributed by atoms with E-state index >= 15 is 0 Å². The molecule has 5 N–H and O–H groups in total. The van der Waals surface area contributed by atoms with Crippen LogP contribution < -0.4 is 5.73 Å². The van der Waals surface area contributed by atoms with Gasteiger partial charge in [-0.2, -0.15) is 0 Å². The third kappa shape index (κ3) is 9.69. The van der Waals surface area contributed by atoms with Crippen molar-refractivity contribution in [2.75, 3.05) is 6.54 Å². The van der Waals surface area contributed by atoms with Crippen molar-refractivity contribution in [3.8, 4) is 0 Å². The predicted octanol–water partition coefficient (Wildman–Crippen LogP) is -1.76. The van der Waals surface area contributed by atoms with Gasteiger partial charge in [-0.1, -0.05) is 6.92 Å². The van der Waals surface area contributed by atoms with Gasteiger partial charge in [-0.3, -0.25) is 0 Å². The van der Waals surface area contributed by atoms with Crippen molar-refractivity contribution in [2.24, 2.45) is 5.73 Å². The Morgan fingerprint density at radius 3 is 2.00 bits per heavy atom. The molecule has 0 rings (SSSR count). The topological polar surface area (TPSA) is 77.8 Å². The Kier molecular flexibility index (Phi) is 20.7. The first kappa shape index (κ1) is 15.8. The summed E-state index contributed by atoms with van der Waals surface area (Å²) in [5.74, 6) is 0. The molecule has 0 aromatic carbocycles. The standard InChI is InChI=1S/C4H11NO.Li.H2O.H/c1-2-4(6)3-5;;;/h4,6H,2-3,5H2,1H3;;1H2;. The fourth-order valence-electron chi connectivity index (χ4n) is 0.167. The minimum absolute atomic E-state index is 0. The van der Waals surface area contributed by atoms with E-state index in [9.17, 15) is 0 Å². The van der Waals surface area contributed by atoms with E-state index in [4.69, 9.17) is 10.8 Å². The van der Waals surface area contributed by atoms with Gasteiger partial charge in [0.05, 0.1) is 6.10 Å². The van der Waals surface area contributed by atoms with Gasteiger partial charge in [-0.25, -0.2) is 0 Å². The van der Waals surface area contributed by atoms with Gasteiger partial charge in [-0.15, -0.1) is 0 Å². The normalized spacial score (nSPS) is 10.9. The molecule has 0 spiro atoms. The van der Waals surface area contributed by atoms with E-state index in [1.807, 2.05) is 6.92 Å². The Balaban J connectivity index is -0.000000125. The van der Waals surface area contributed by atoms with Gasteiger partial charge in [0.25, 0.3) is 0 Å². The average Bonchev–Trinajstić information content (AvgIpc) is 1.65. The predicted molar refractivity (Wildman–Crippen MR) is 36.1 cm³/mol. The second-order valence-electron chi connectivity index (χ2n) is 1.30. The van der Waals surface area contributed by atoms with Gasteiger partial charge < -0.3 is 16.3 Å². The molecule has 0 amide bonds. The van der Waals surface area contributed by atoms with Crippen molar-refractivity contribution < 1.29 is 10.6 Å². The van der Waals surface area contributed by atoms with Crippen LogP contribution in [0.15, 0.2) is 0 Å². The van der Waals surface area contributed by atoms with Crippen LogP contribution in [0.1, 0.15) is 13.3 Å². The van der Waals surface area contributed by atoms with Crippen LogP contribution in [-0.4, -0.2) is 42.1 Å². The van der Waals surface area contributed by atoms with Crippen molar-refractivity contribution in [3.63, 3.8) is 0 Å². The summed E-state index contributed by atoms with van der Waals surface area (Å²) in [6.07, 6.45) is 0.473. The molecule has 0 fully saturated rings. The van der Waals surface area contributed by atoms with E-state index in [0.29, 0.717) is 6.54 Å². The maximum atomic E-state index is 8.54. The van der Waals surface area contributed by atoms with Crippen molar-refractivity contribution in [2.45, 2.75) is 19.4 Å². The Bertz CT molecular complexity index is 33.2. The molecule has 0 aliphatic heterocycles. The molecule has 3 nitrogen and oxygen atoms in total. The van der Waals surface area contributed by atoms with Crippen LogP contribution >= 0.6 is 0 Å². The first-order valence-corrected chi connectivity index (χ1v) is 2.19. The van der Waals surface area contributed by atoms with Crippen molar-refractivity contribution in [1.82, 2.24) is 0 Å². The fraction of sp³-hybridized carbons (Fsp3) is 1.00. The summed E-state index contributed by atoms with van der Waals surface area (Å²) in [6, 6.07) is 0. The summed E-state index contributed by atoms with van der Waals surface area (Å²) in [6.45, 7) is 2.29. The summed E-state index contributed by atoms with van der Waals surface area (Å²) in [5.41, 5.74) is 5.03. The van der Waals surface area contributed by atoms with E-state index in [0.717, 1.165) is 6.42 Å². The molecule has 0 saturated heterocycles. The van der Waals surface area contributed by atoms with Crippen LogP contribution in [0.2, 0.25) is 0 Å². The summed E-state index contributed by atoms with van der Waals surface area (Å²) in [7, 11) is 0. The molecular formula is C4H14LiNO2. The third-order valence-electron chi connectivity index (χ3n) is 0.743. The molecule has 0 aromatic heterocycles. The van der Waals surface area contributed by atoms with Crippen LogP contribution in [0.25, 0.3) is 0 Å². The SMILES string of the molecule is CCC(O)CN.O.[LiH]. The second-order valence-corrected chi connectivity index (χ2v) is 1.30. The number of rotatable bonds is 2. The molecule has 0 aliphatic rings. The molecule has 0 bridgehead atoms. The molecule has 1 unspecified atom stereocenters. The van der Waals surface area contributed by atoms with Crippen LogP contribution in [0, 0.1) is 0 Å². The third-order valence-corrected chi connectivity index (χ3v) is 0.743. The van der Waals surface area contributed by atoms with Gasteiger partial charge in [0.1, 0.15) is 0 Å². The van der Waals surface area contributed by atoms with E-state index in [1.165, 1.54) is 0 Å². The molecule has 8 heavy (non-hydrogen) atoms. The number of aliphatic hydroxyl groups is 1. The van der Waals surface area contributed by atoms with E-state index in [2.05, 4.69) is 0 Å². The van der Waals surface area contributed by atoms with Gasteiger partial charge in [-0.05, 0) is 6.42 Å². The zero-order valence-electron chi connectivity index (χ0n) is 4.52. The Labute approximate surface area is 61.7 Å². The second kappa shape index (κ2) is 10.5. The van der Waals surface area contributed by atoms with E-state index in [-0.39, 0.29) is 30.4 Å². The quantitative estimate of drug-likeness (QED) is 0.418. The van der Waals surface area contributed by atoms with Crippen LogP contribution in [0.5, 0.6) is 0 Å². The zero-order valence-corrected chi connectivity index (χ0v) is 4.52. The number of hydrogen-bond donors (Lipinski definition) is 2. The first-order chi connectivity index (χ1) is 2.81.